The molecule has 0 radical (unpaired) electrons. The van der Waals surface area contributed by atoms with Gasteiger partial charge in [-0.1, -0.05) is 13.8 Å². The number of aromatic nitrogens is 1. The molecule has 0 aliphatic heterocycles. The summed E-state index contributed by atoms with van der Waals surface area (Å²) in [7, 11) is 0. The van der Waals surface area contributed by atoms with Gasteiger partial charge in [0.25, 0.3) is 5.43 Å². The number of pyridine rings is 1. The van der Waals surface area contributed by atoms with Crippen molar-refractivity contribution in [2.75, 3.05) is 19.6 Å². The third kappa shape index (κ3) is 3.67. The standard InChI is InChI=1S/C11H17N3O3/c1-3-12(4-2)7-8-13-6-5-11(15)10(9-13)14(16)17/h5-6,9H,3-4,7-8H2,1-2H3. The molecule has 0 atom stereocenters. The third-order valence-electron chi connectivity index (χ3n) is 2.72. The van der Waals surface area contributed by atoms with Crippen LogP contribution in [0.4, 0.5) is 5.69 Å². The first-order chi connectivity index (χ1) is 8.08. The van der Waals surface area contributed by atoms with E-state index in [1.165, 1.54) is 12.3 Å². The lowest BCUT2D eigenvalue weighted by atomic mass is 10.4. The maximum atomic E-state index is 11.2. The summed E-state index contributed by atoms with van der Waals surface area (Å²) in [5.41, 5.74) is -0.916. The summed E-state index contributed by atoms with van der Waals surface area (Å²) >= 11 is 0. The van der Waals surface area contributed by atoms with Crippen LogP contribution < -0.4 is 5.43 Å². The van der Waals surface area contributed by atoms with Crippen LogP contribution in [0, 0.1) is 10.1 Å². The molecule has 0 saturated carbocycles. The smallest absolute Gasteiger partial charge is 0.332 e. The molecule has 1 rings (SSSR count). The van der Waals surface area contributed by atoms with Crippen molar-refractivity contribution in [1.82, 2.24) is 9.47 Å². The zero-order valence-electron chi connectivity index (χ0n) is 10.1. The summed E-state index contributed by atoms with van der Waals surface area (Å²) in [4.78, 5) is 23.4. The van der Waals surface area contributed by atoms with Gasteiger partial charge in [0.05, 0.1) is 11.1 Å². The Bertz CT molecular complexity index is 438. The highest BCUT2D eigenvalue weighted by Gasteiger charge is 2.11. The van der Waals surface area contributed by atoms with Crippen LogP contribution in [-0.2, 0) is 6.54 Å². The summed E-state index contributed by atoms with van der Waals surface area (Å²) in [5, 5.41) is 10.6. The SMILES string of the molecule is CCN(CC)CCn1ccc(=O)c([N+](=O)[O-])c1. The average molecular weight is 239 g/mol. The van der Waals surface area contributed by atoms with E-state index in [4.69, 9.17) is 0 Å². The Kier molecular flexibility index (Phi) is 4.84. The van der Waals surface area contributed by atoms with Gasteiger partial charge < -0.3 is 9.47 Å². The summed E-state index contributed by atoms with van der Waals surface area (Å²) in [6.45, 7) is 7.47. The molecule has 1 aromatic rings. The second kappa shape index (κ2) is 6.15. The molecular weight excluding hydrogens is 222 g/mol. The minimum atomic E-state index is -0.643. The number of hydrogen-bond donors (Lipinski definition) is 0. The van der Waals surface area contributed by atoms with E-state index in [2.05, 4.69) is 18.7 Å². The monoisotopic (exact) mass is 239 g/mol. The molecule has 6 heteroatoms. The fraction of sp³-hybridized carbons (Fsp3) is 0.545. The van der Waals surface area contributed by atoms with E-state index in [9.17, 15) is 14.9 Å². The first-order valence-corrected chi connectivity index (χ1v) is 5.65. The van der Waals surface area contributed by atoms with E-state index >= 15 is 0 Å². The molecule has 0 fully saturated rings. The number of nitrogens with zero attached hydrogens (tertiary/aromatic N) is 3. The first kappa shape index (κ1) is 13.4. The molecule has 0 aliphatic carbocycles. The fourth-order valence-corrected chi connectivity index (χ4v) is 1.59. The van der Waals surface area contributed by atoms with Crippen LogP contribution in [0.3, 0.4) is 0 Å². The Morgan fingerprint density at radius 2 is 2.06 bits per heavy atom. The van der Waals surface area contributed by atoms with Gasteiger partial charge in [0.15, 0.2) is 0 Å². The maximum Gasteiger partial charge on any atom is 0.332 e. The van der Waals surface area contributed by atoms with E-state index in [0.717, 1.165) is 19.6 Å². The van der Waals surface area contributed by atoms with Crippen molar-refractivity contribution in [3.05, 3.63) is 38.8 Å². The normalized spacial score (nSPS) is 10.8. The van der Waals surface area contributed by atoms with Crippen LogP contribution in [0.5, 0.6) is 0 Å². The Balaban J connectivity index is 2.76. The first-order valence-electron chi connectivity index (χ1n) is 5.65. The van der Waals surface area contributed by atoms with Gasteiger partial charge in [-0.25, -0.2) is 0 Å². The van der Waals surface area contributed by atoms with E-state index in [-0.39, 0.29) is 5.69 Å². The van der Waals surface area contributed by atoms with Gasteiger partial charge in [-0.15, -0.1) is 0 Å². The maximum absolute atomic E-state index is 11.2. The second-order valence-corrected chi connectivity index (χ2v) is 3.72. The topological polar surface area (TPSA) is 68.4 Å². The summed E-state index contributed by atoms with van der Waals surface area (Å²) in [6, 6.07) is 1.24. The van der Waals surface area contributed by atoms with Crippen LogP contribution in [0.2, 0.25) is 0 Å². The van der Waals surface area contributed by atoms with E-state index < -0.39 is 10.4 Å². The Morgan fingerprint density at radius 1 is 1.41 bits per heavy atom. The molecule has 0 saturated heterocycles. The van der Waals surface area contributed by atoms with Gasteiger partial charge >= 0.3 is 5.69 Å². The van der Waals surface area contributed by atoms with Crippen molar-refractivity contribution < 1.29 is 4.92 Å². The summed E-state index contributed by atoms with van der Waals surface area (Å²) < 4.78 is 1.68. The third-order valence-corrected chi connectivity index (χ3v) is 2.72. The van der Waals surface area contributed by atoms with Crippen molar-refractivity contribution in [2.45, 2.75) is 20.4 Å². The fourth-order valence-electron chi connectivity index (χ4n) is 1.59. The predicted octanol–water partition coefficient (Wildman–Crippen LogP) is 1.10. The van der Waals surface area contributed by atoms with Crippen LogP contribution in [0.1, 0.15) is 13.8 Å². The number of likely N-dealkylation sites (N-methyl/N-ethyl adjacent to an activating group) is 1. The lowest BCUT2D eigenvalue weighted by Gasteiger charge is -2.18. The molecule has 0 aliphatic rings. The van der Waals surface area contributed by atoms with Crippen molar-refractivity contribution in [3.8, 4) is 0 Å². The Morgan fingerprint density at radius 3 is 2.59 bits per heavy atom. The van der Waals surface area contributed by atoms with Crippen LogP contribution in [-0.4, -0.2) is 34.0 Å². The van der Waals surface area contributed by atoms with Crippen LogP contribution >= 0.6 is 0 Å². The zero-order chi connectivity index (χ0) is 12.8. The van der Waals surface area contributed by atoms with Crippen LogP contribution in [0.25, 0.3) is 0 Å². The summed E-state index contributed by atoms with van der Waals surface area (Å²) in [5.74, 6) is 0. The lowest BCUT2D eigenvalue weighted by molar-refractivity contribution is -0.386. The molecule has 1 aromatic heterocycles. The van der Waals surface area contributed by atoms with Crippen LogP contribution in [0.15, 0.2) is 23.3 Å². The molecule has 17 heavy (non-hydrogen) atoms. The summed E-state index contributed by atoms with van der Waals surface area (Å²) in [6.07, 6.45) is 2.88. The molecule has 0 N–H and O–H groups in total. The number of hydrogen-bond acceptors (Lipinski definition) is 4. The van der Waals surface area contributed by atoms with E-state index in [1.54, 1.807) is 10.8 Å². The number of nitro groups is 1. The molecule has 1 heterocycles. The van der Waals surface area contributed by atoms with Gasteiger partial charge in [-0.05, 0) is 13.1 Å². The molecule has 94 valence electrons. The second-order valence-electron chi connectivity index (χ2n) is 3.72. The molecule has 0 spiro atoms. The molecule has 0 bridgehead atoms. The molecular formula is C11H17N3O3. The Hall–Kier alpha value is -1.69. The molecule has 0 aromatic carbocycles. The van der Waals surface area contributed by atoms with Gasteiger partial charge in [-0.2, -0.15) is 0 Å². The highest BCUT2D eigenvalue weighted by molar-refractivity contribution is 5.25. The molecule has 0 unspecified atom stereocenters. The van der Waals surface area contributed by atoms with E-state index in [1.807, 2.05) is 0 Å². The predicted molar refractivity (Wildman–Crippen MR) is 65.1 cm³/mol. The van der Waals surface area contributed by atoms with Crippen molar-refractivity contribution in [3.63, 3.8) is 0 Å². The van der Waals surface area contributed by atoms with E-state index in [0.29, 0.717) is 6.54 Å². The van der Waals surface area contributed by atoms with Gasteiger partial charge in [0.2, 0.25) is 0 Å². The van der Waals surface area contributed by atoms with Gasteiger partial charge in [0, 0.05) is 25.4 Å². The van der Waals surface area contributed by atoms with Gasteiger partial charge in [-0.3, -0.25) is 14.9 Å². The van der Waals surface area contributed by atoms with Crippen molar-refractivity contribution >= 4 is 5.69 Å². The quantitative estimate of drug-likeness (QED) is 0.550. The van der Waals surface area contributed by atoms with Crippen molar-refractivity contribution in [1.29, 1.82) is 0 Å². The minimum absolute atomic E-state index is 0.368. The Labute approximate surface area is 99.6 Å². The largest absolute Gasteiger partial charge is 0.347 e. The highest BCUT2D eigenvalue weighted by Crippen LogP contribution is 2.02. The lowest BCUT2D eigenvalue weighted by Crippen LogP contribution is -2.27. The van der Waals surface area contributed by atoms with Crippen molar-refractivity contribution in [2.24, 2.45) is 0 Å². The van der Waals surface area contributed by atoms with Gasteiger partial charge in [0.1, 0.15) is 0 Å². The highest BCUT2D eigenvalue weighted by atomic mass is 16.6. The number of rotatable bonds is 6. The minimum Gasteiger partial charge on any atom is -0.347 e. The average Bonchev–Trinajstić information content (AvgIpc) is 2.32. The molecule has 0 amide bonds. The zero-order valence-corrected chi connectivity index (χ0v) is 10.1. The molecule has 6 nitrogen and oxygen atoms in total.